The molecule has 1 saturated heterocycles. The van der Waals surface area contributed by atoms with Crippen LogP contribution in [0.25, 0.3) is 5.69 Å². The fourth-order valence-electron chi connectivity index (χ4n) is 4.46. The Morgan fingerprint density at radius 2 is 2.04 bits per heavy atom. The molecule has 4 rings (SSSR count). The number of carbonyl (C=O) groups is 2. The van der Waals surface area contributed by atoms with Crippen molar-refractivity contribution in [3.05, 3.63) is 47.5 Å². The molecule has 0 aromatic carbocycles. The lowest BCUT2D eigenvalue weighted by molar-refractivity contribution is 0.0260. The maximum absolute atomic E-state index is 13.0. The van der Waals surface area contributed by atoms with E-state index in [9.17, 15) is 9.59 Å². The highest BCUT2D eigenvalue weighted by atomic mass is 16.6. The van der Waals surface area contributed by atoms with Gasteiger partial charge in [-0.05, 0) is 57.7 Å². The van der Waals surface area contributed by atoms with Crippen molar-refractivity contribution in [1.82, 2.24) is 14.5 Å². The van der Waals surface area contributed by atoms with E-state index in [-0.39, 0.29) is 24.0 Å². The third-order valence-corrected chi connectivity index (χ3v) is 5.78. The summed E-state index contributed by atoms with van der Waals surface area (Å²) < 4.78 is 7.71. The number of hydrogen-bond donors (Lipinski definition) is 0. The van der Waals surface area contributed by atoms with Crippen molar-refractivity contribution in [3.8, 4) is 5.69 Å². The summed E-state index contributed by atoms with van der Waals surface area (Å²) in [6.45, 7) is 4.49. The van der Waals surface area contributed by atoms with Gasteiger partial charge in [0.25, 0.3) is 0 Å². The zero-order valence-electron chi connectivity index (χ0n) is 15.9. The van der Waals surface area contributed by atoms with Crippen molar-refractivity contribution in [2.45, 2.75) is 51.6 Å². The normalized spacial score (nSPS) is 18.7. The number of Topliss-reactive ketones (excluding diaryl/α,β-unsaturated/α-hetero) is 1. The molecule has 27 heavy (non-hydrogen) atoms. The van der Waals surface area contributed by atoms with E-state index in [1.165, 1.54) is 6.42 Å². The molecule has 0 N–H and O–H groups in total. The molecule has 0 bridgehead atoms. The fraction of sp³-hybridized carbons (Fsp3) is 0.476. The molecule has 2 aliphatic rings. The summed E-state index contributed by atoms with van der Waals surface area (Å²) in [6, 6.07) is 5.73. The molecular formula is C21H25N3O3. The second-order valence-electron chi connectivity index (χ2n) is 7.72. The van der Waals surface area contributed by atoms with Crippen molar-refractivity contribution in [2.75, 3.05) is 13.1 Å². The lowest BCUT2D eigenvalue weighted by Gasteiger charge is -2.30. The Hall–Kier alpha value is -2.63. The lowest BCUT2D eigenvalue weighted by atomic mass is 9.85. The van der Waals surface area contributed by atoms with Crippen LogP contribution in [0.15, 0.2) is 30.6 Å². The van der Waals surface area contributed by atoms with Crippen molar-refractivity contribution in [2.24, 2.45) is 0 Å². The summed E-state index contributed by atoms with van der Waals surface area (Å²) in [7, 11) is 0. The molecule has 1 aliphatic heterocycles. The van der Waals surface area contributed by atoms with E-state index in [1.54, 1.807) is 17.3 Å². The molecule has 2 aromatic heterocycles. The zero-order valence-corrected chi connectivity index (χ0v) is 15.9. The Labute approximate surface area is 159 Å². The van der Waals surface area contributed by atoms with Gasteiger partial charge >= 0.3 is 6.09 Å². The van der Waals surface area contributed by atoms with Crippen LogP contribution in [0.1, 0.15) is 53.8 Å². The molecule has 1 aliphatic carbocycles. The van der Waals surface area contributed by atoms with Crippen molar-refractivity contribution < 1.29 is 14.3 Å². The molecule has 1 spiro atoms. The van der Waals surface area contributed by atoms with E-state index >= 15 is 0 Å². The summed E-state index contributed by atoms with van der Waals surface area (Å²) in [6.07, 6.45) is 8.31. The summed E-state index contributed by atoms with van der Waals surface area (Å²) in [5, 5.41) is 0. The average Bonchev–Trinajstić information content (AvgIpc) is 3.12. The van der Waals surface area contributed by atoms with Crippen LogP contribution in [0.2, 0.25) is 0 Å². The number of amides is 1. The number of aryl methyl sites for hydroxylation is 1. The van der Waals surface area contributed by atoms with Gasteiger partial charge in [0.2, 0.25) is 0 Å². The molecule has 1 saturated carbocycles. The highest BCUT2D eigenvalue weighted by Gasteiger charge is 2.46. The van der Waals surface area contributed by atoms with Gasteiger partial charge < -0.3 is 9.30 Å². The lowest BCUT2D eigenvalue weighted by Crippen LogP contribution is -2.38. The molecule has 1 amide bonds. The SMILES string of the molecule is Cc1cc(C(=O)CN2CC3(CCCCC3)OC2=O)c(C)n1-c1cccnc1. The Balaban J connectivity index is 1.53. The van der Waals surface area contributed by atoms with Crippen LogP contribution in [-0.4, -0.2) is 45.0 Å². The Kier molecular flexibility index (Phi) is 4.50. The van der Waals surface area contributed by atoms with Crippen LogP contribution in [0.3, 0.4) is 0 Å². The second kappa shape index (κ2) is 6.83. The summed E-state index contributed by atoms with van der Waals surface area (Å²) in [5.41, 5.74) is 3.03. The van der Waals surface area contributed by atoms with E-state index in [0.29, 0.717) is 12.1 Å². The minimum Gasteiger partial charge on any atom is -0.441 e. The molecule has 3 heterocycles. The molecule has 2 aromatic rings. The topological polar surface area (TPSA) is 64.4 Å². The van der Waals surface area contributed by atoms with Gasteiger partial charge in [-0.25, -0.2) is 4.79 Å². The Morgan fingerprint density at radius 1 is 1.26 bits per heavy atom. The number of hydrogen-bond acceptors (Lipinski definition) is 4. The Bertz CT molecular complexity index is 866. The van der Waals surface area contributed by atoms with Gasteiger partial charge in [0.05, 0.1) is 25.0 Å². The first-order valence-electron chi connectivity index (χ1n) is 9.60. The van der Waals surface area contributed by atoms with Crippen LogP contribution in [0, 0.1) is 13.8 Å². The van der Waals surface area contributed by atoms with Gasteiger partial charge in [0.1, 0.15) is 5.60 Å². The van der Waals surface area contributed by atoms with Gasteiger partial charge in [-0.1, -0.05) is 6.42 Å². The maximum atomic E-state index is 13.0. The number of ether oxygens (including phenoxy) is 1. The highest BCUT2D eigenvalue weighted by molar-refractivity contribution is 6.00. The predicted octanol–water partition coefficient (Wildman–Crippen LogP) is 3.83. The first kappa shape index (κ1) is 17.8. The van der Waals surface area contributed by atoms with Gasteiger partial charge in [-0.2, -0.15) is 0 Å². The number of rotatable bonds is 4. The molecule has 0 radical (unpaired) electrons. The van der Waals surface area contributed by atoms with Crippen LogP contribution in [0.4, 0.5) is 4.79 Å². The van der Waals surface area contributed by atoms with Crippen LogP contribution < -0.4 is 0 Å². The minimum absolute atomic E-state index is 0.0527. The van der Waals surface area contributed by atoms with Crippen LogP contribution >= 0.6 is 0 Å². The van der Waals surface area contributed by atoms with Crippen LogP contribution in [0.5, 0.6) is 0 Å². The first-order valence-corrected chi connectivity index (χ1v) is 9.60. The number of pyridine rings is 1. The molecule has 142 valence electrons. The van der Waals surface area contributed by atoms with E-state index in [0.717, 1.165) is 42.8 Å². The number of aromatic nitrogens is 2. The van der Waals surface area contributed by atoms with Crippen molar-refractivity contribution in [1.29, 1.82) is 0 Å². The molecule has 0 atom stereocenters. The standard InChI is InChI=1S/C21H25N3O3/c1-15-11-18(16(2)24(15)17-7-6-10-22-12-17)19(25)13-23-14-21(27-20(23)26)8-4-3-5-9-21/h6-7,10-12H,3-5,8-9,13-14H2,1-2H3. The third-order valence-electron chi connectivity index (χ3n) is 5.78. The monoisotopic (exact) mass is 367 g/mol. The molecule has 2 fully saturated rings. The van der Waals surface area contributed by atoms with Crippen molar-refractivity contribution >= 4 is 11.9 Å². The molecule has 0 unspecified atom stereocenters. The Morgan fingerprint density at radius 3 is 2.74 bits per heavy atom. The largest absolute Gasteiger partial charge is 0.441 e. The number of carbonyl (C=O) groups excluding carboxylic acids is 2. The third kappa shape index (κ3) is 3.24. The number of nitrogens with zero attached hydrogens (tertiary/aromatic N) is 3. The smallest absolute Gasteiger partial charge is 0.410 e. The number of ketones is 1. The zero-order chi connectivity index (χ0) is 19.0. The average molecular weight is 367 g/mol. The summed E-state index contributed by atoms with van der Waals surface area (Å²) in [4.78, 5) is 31.0. The summed E-state index contributed by atoms with van der Waals surface area (Å²) >= 11 is 0. The quantitative estimate of drug-likeness (QED) is 0.771. The van der Waals surface area contributed by atoms with E-state index < -0.39 is 0 Å². The summed E-state index contributed by atoms with van der Waals surface area (Å²) in [5.74, 6) is -0.0527. The van der Waals surface area contributed by atoms with E-state index in [4.69, 9.17) is 4.74 Å². The minimum atomic E-state index is -0.373. The second-order valence-corrected chi connectivity index (χ2v) is 7.72. The molecule has 6 nitrogen and oxygen atoms in total. The molecular weight excluding hydrogens is 342 g/mol. The first-order chi connectivity index (χ1) is 13.0. The van der Waals surface area contributed by atoms with E-state index in [2.05, 4.69) is 4.98 Å². The van der Waals surface area contributed by atoms with Gasteiger partial charge in [-0.15, -0.1) is 0 Å². The fourth-order valence-corrected chi connectivity index (χ4v) is 4.46. The highest BCUT2D eigenvalue weighted by Crippen LogP contribution is 2.37. The van der Waals surface area contributed by atoms with Crippen molar-refractivity contribution in [3.63, 3.8) is 0 Å². The van der Waals surface area contributed by atoms with Gasteiger partial charge in [0.15, 0.2) is 5.78 Å². The maximum Gasteiger partial charge on any atom is 0.410 e. The van der Waals surface area contributed by atoms with E-state index in [1.807, 2.05) is 36.6 Å². The van der Waals surface area contributed by atoms with Gasteiger partial charge in [0, 0.05) is 23.1 Å². The van der Waals surface area contributed by atoms with Crippen LogP contribution in [-0.2, 0) is 4.74 Å². The molecule has 6 heteroatoms. The van der Waals surface area contributed by atoms with Gasteiger partial charge in [-0.3, -0.25) is 14.7 Å². The predicted molar refractivity (Wildman–Crippen MR) is 101 cm³/mol.